The molecule has 0 rings (SSSR count). The van der Waals surface area contributed by atoms with Gasteiger partial charge >= 0.3 is 0 Å². The minimum Gasteiger partial charge on any atom is -0.330 e. The van der Waals surface area contributed by atoms with Crippen LogP contribution in [0.5, 0.6) is 0 Å². The Morgan fingerprint density at radius 1 is 1.61 bits per heavy atom. The second kappa shape index (κ2) is 8.29. The molecule has 0 aliphatic carbocycles. The van der Waals surface area contributed by atoms with Gasteiger partial charge in [-0.1, -0.05) is 6.92 Å². The normalized spacial score (nSPS) is 16.8. The number of nitrogens with zero attached hydrogens (tertiary/aromatic N) is 2. The summed E-state index contributed by atoms with van der Waals surface area (Å²) in [6.45, 7) is 3.40. The van der Waals surface area contributed by atoms with Crippen LogP contribution in [0.3, 0.4) is 0 Å². The van der Waals surface area contributed by atoms with Gasteiger partial charge in [-0.15, -0.1) is 0 Å². The number of carbonyl (C=O) groups is 1. The largest absolute Gasteiger partial charge is 0.330 e. The van der Waals surface area contributed by atoms with Crippen molar-refractivity contribution < 1.29 is 9.00 Å². The molecule has 0 aromatic carbocycles. The number of amides is 1. The maximum Gasteiger partial charge on any atom is 0.223 e. The van der Waals surface area contributed by atoms with Crippen LogP contribution in [0.25, 0.3) is 0 Å². The van der Waals surface area contributed by atoms with Crippen molar-refractivity contribution in [2.24, 2.45) is 16.8 Å². The first-order valence-electron chi connectivity index (χ1n) is 5.23. The number of thiol groups is 1. The number of amidine groups is 1. The molecule has 106 valence electrons. The van der Waals surface area contributed by atoms with Crippen LogP contribution >= 0.6 is 12.6 Å². The molecule has 0 aromatic rings. The van der Waals surface area contributed by atoms with Gasteiger partial charge in [-0.05, 0) is 6.92 Å². The zero-order valence-electron chi connectivity index (χ0n) is 10.6. The number of carbonyl (C=O) groups excluding carboxylic acids is 1. The fraction of sp³-hybridized carbons (Fsp3) is 0.750. The van der Waals surface area contributed by atoms with E-state index in [1.165, 1.54) is 4.90 Å². The summed E-state index contributed by atoms with van der Waals surface area (Å²) in [4.78, 5) is 12.9. The maximum atomic E-state index is 11.9. The van der Waals surface area contributed by atoms with Crippen molar-refractivity contribution in [1.82, 2.24) is 15.0 Å². The second-order valence-electron chi connectivity index (χ2n) is 3.43. The summed E-state index contributed by atoms with van der Waals surface area (Å²) < 4.78 is 14.6. The van der Waals surface area contributed by atoms with Gasteiger partial charge in [0.1, 0.15) is 21.7 Å². The molecule has 0 radical (unpaired) electrons. The molecular weight excluding hydrogens is 276 g/mol. The molecule has 0 saturated carbocycles. The minimum absolute atomic E-state index is 0.0990. The fourth-order valence-corrected chi connectivity index (χ4v) is 2.43. The zero-order chi connectivity index (χ0) is 14.3. The molecule has 2 unspecified atom stereocenters. The molecular formula is C8H20N6O2S2. The average molecular weight is 296 g/mol. The van der Waals surface area contributed by atoms with Crippen molar-refractivity contribution in [3.63, 3.8) is 0 Å². The Kier molecular flexibility index (Phi) is 7.91. The average Bonchev–Trinajstić information content (AvgIpc) is 2.37. The second-order valence-corrected chi connectivity index (χ2v) is 5.46. The van der Waals surface area contributed by atoms with Crippen LogP contribution in [-0.4, -0.2) is 38.6 Å². The molecule has 1 amide bonds. The van der Waals surface area contributed by atoms with Gasteiger partial charge in [-0.25, -0.2) is 14.8 Å². The predicted molar refractivity (Wildman–Crippen MR) is 75.5 cm³/mol. The molecule has 0 aliphatic rings. The highest BCUT2D eigenvalue weighted by Crippen LogP contribution is 2.04. The lowest BCUT2D eigenvalue weighted by molar-refractivity contribution is -0.129. The van der Waals surface area contributed by atoms with Crippen LogP contribution in [0.2, 0.25) is 0 Å². The summed E-state index contributed by atoms with van der Waals surface area (Å²) in [5.41, 5.74) is 2.23. The van der Waals surface area contributed by atoms with E-state index in [-0.39, 0.29) is 11.7 Å². The molecule has 3 atom stereocenters. The molecule has 0 aliphatic heterocycles. The Morgan fingerprint density at radius 3 is 2.56 bits per heavy atom. The minimum atomic E-state index is -1.52. The van der Waals surface area contributed by atoms with E-state index in [1.54, 1.807) is 20.9 Å². The van der Waals surface area contributed by atoms with Gasteiger partial charge in [-0.2, -0.15) is 17.7 Å². The molecule has 0 spiro atoms. The number of hydrogen-bond donors (Lipinski definition) is 5. The van der Waals surface area contributed by atoms with Crippen molar-refractivity contribution in [1.29, 1.82) is 0 Å². The Morgan fingerprint density at radius 2 is 2.17 bits per heavy atom. The van der Waals surface area contributed by atoms with Gasteiger partial charge < -0.3 is 16.2 Å². The van der Waals surface area contributed by atoms with Gasteiger partial charge in [0, 0.05) is 13.5 Å². The van der Waals surface area contributed by atoms with Crippen molar-refractivity contribution in [2.45, 2.75) is 31.0 Å². The third-order valence-corrected chi connectivity index (χ3v) is 4.28. The van der Waals surface area contributed by atoms with Gasteiger partial charge in [0.25, 0.3) is 0 Å². The highest BCUT2D eigenvalue weighted by atomic mass is 32.2. The Balaban J connectivity index is 4.54. The number of hydrogen-bond acceptors (Lipinski definition) is 6. The van der Waals surface area contributed by atoms with E-state index in [2.05, 4.69) is 27.9 Å². The summed E-state index contributed by atoms with van der Waals surface area (Å²) in [7, 11) is 0.0619. The van der Waals surface area contributed by atoms with Gasteiger partial charge in [-0.3, -0.25) is 4.79 Å². The third kappa shape index (κ3) is 4.80. The molecule has 6 N–H and O–H groups in total. The number of nitrogens with two attached hydrogens (primary N) is 2. The SMILES string of the molecule is CCC(=O)N(C)C(C)S(=O)N[C@@H](S)/C(=N/N)NN. The number of hydrazine groups is 1. The molecule has 18 heavy (non-hydrogen) atoms. The van der Waals surface area contributed by atoms with Gasteiger partial charge in [0.2, 0.25) is 5.91 Å². The molecule has 0 fully saturated rings. The van der Waals surface area contributed by atoms with E-state index < -0.39 is 21.7 Å². The topological polar surface area (TPSA) is 126 Å². The Hall–Kier alpha value is -0.840. The number of nitrogens with one attached hydrogen (secondary N) is 2. The summed E-state index contributed by atoms with van der Waals surface area (Å²) in [5, 5.41) is 2.12. The smallest absolute Gasteiger partial charge is 0.223 e. The zero-order valence-corrected chi connectivity index (χ0v) is 12.3. The summed E-state index contributed by atoms with van der Waals surface area (Å²) in [6, 6.07) is 0. The van der Waals surface area contributed by atoms with E-state index >= 15 is 0 Å². The summed E-state index contributed by atoms with van der Waals surface area (Å²) >= 11 is 4.10. The lowest BCUT2D eigenvalue weighted by atomic mass is 10.4. The van der Waals surface area contributed by atoms with E-state index in [0.717, 1.165) is 0 Å². The maximum absolute atomic E-state index is 11.9. The lowest BCUT2D eigenvalue weighted by Crippen LogP contribution is -2.49. The van der Waals surface area contributed by atoms with Crippen LogP contribution < -0.4 is 21.8 Å². The van der Waals surface area contributed by atoms with Crippen molar-refractivity contribution in [3.05, 3.63) is 0 Å². The first-order chi connectivity index (χ1) is 8.38. The molecule has 8 nitrogen and oxygen atoms in total. The summed E-state index contributed by atoms with van der Waals surface area (Å²) in [5.74, 6) is 10.3. The van der Waals surface area contributed by atoms with Gasteiger partial charge in [0.05, 0.1) is 0 Å². The standard InChI is InChI=1S/C8H20N6O2S2/c1-4-6(15)14(3)5(2)18(16)13-8(17)7(11-9)12-10/h5,8,13,17H,4,9-10H2,1-3H3,(H,11,12)/t5?,8-,18?/m0/s1. The first-order valence-corrected chi connectivity index (χ1v) is 6.96. The molecule has 0 saturated heterocycles. The quantitative estimate of drug-likeness (QED) is 0.101. The highest BCUT2D eigenvalue weighted by Gasteiger charge is 2.23. The predicted octanol–water partition coefficient (Wildman–Crippen LogP) is -1.55. The van der Waals surface area contributed by atoms with E-state index in [1.807, 2.05) is 0 Å². The van der Waals surface area contributed by atoms with Crippen molar-refractivity contribution in [2.75, 3.05) is 7.05 Å². The van der Waals surface area contributed by atoms with E-state index in [4.69, 9.17) is 11.7 Å². The molecule has 10 heteroatoms. The van der Waals surface area contributed by atoms with Crippen LogP contribution in [0, 0.1) is 0 Å². The monoisotopic (exact) mass is 296 g/mol. The van der Waals surface area contributed by atoms with E-state index in [0.29, 0.717) is 6.42 Å². The highest BCUT2D eigenvalue weighted by molar-refractivity contribution is 7.86. The van der Waals surface area contributed by atoms with Crippen LogP contribution in [-0.2, 0) is 15.8 Å². The fourth-order valence-electron chi connectivity index (χ4n) is 1.05. The van der Waals surface area contributed by atoms with Crippen molar-refractivity contribution in [3.8, 4) is 0 Å². The van der Waals surface area contributed by atoms with Gasteiger partial charge in [0.15, 0.2) is 5.84 Å². The molecule has 0 aromatic heterocycles. The molecule has 0 bridgehead atoms. The summed E-state index contributed by atoms with van der Waals surface area (Å²) in [6.07, 6.45) is 0.349. The lowest BCUT2D eigenvalue weighted by Gasteiger charge is -2.25. The first kappa shape index (κ1) is 17.2. The Bertz CT molecular complexity index is 338. The third-order valence-electron chi connectivity index (χ3n) is 2.32. The molecule has 0 heterocycles. The number of hydrazone groups is 1. The van der Waals surface area contributed by atoms with Crippen molar-refractivity contribution >= 4 is 35.4 Å². The number of rotatable bonds is 6. The van der Waals surface area contributed by atoms with Crippen LogP contribution in [0.1, 0.15) is 20.3 Å². The van der Waals surface area contributed by atoms with E-state index in [9.17, 15) is 9.00 Å². The van der Waals surface area contributed by atoms with Crippen LogP contribution in [0.15, 0.2) is 5.10 Å². The van der Waals surface area contributed by atoms with Crippen LogP contribution in [0.4, 0.5) is 0 Å². The Labute approximate surface area is 114 Å².